The van der Waals surface area contributed by atoms with Gasteiger partial charge in [-0.05, 0) is 0 Å². The van der Waals surface area contributed by atoms with E-state index in [-0.39, 0.29) is 11.1 Å². The summed E-state index contributed by atoms with van der Waals surface area (Å²) in [6, 6.07) is 0. The number of nitrogens with one attached hydrogen (secondary N) is 1. The van der Waals surface area contributed by atoms with Crippen LogP contribution in [0.25, 0.3) is 0 Å². The van der Waals surface area contributed by atoms with Crippen molar-refractivity contribution in [3.8, 4) is 0 Å². The van der Waals surface area contributed by atoms with Crippen LogP contribution in [0.1, 0.15) is 0 Å². The van der Waals surface area contributed by atoms with Crippen LogP contribution < -0.4 is 5.32 Å². The van der Waals surface area contributed by atoms with Gasteiger partial charge in [0.1, 0.15) is 10.2 Å². The molecule has 1 amide bonds. The zero-order valence-electron chi connectivity index (χ0n) is 5.87. The first-order valence-electron chi connectivity index (χ1n) is 3.21. The molecule has 1 aliphatic rings. The molecule has 4 nitrogen and oxygen atoms in total. The van der Waals surface area contributed by atoms with Crippen molar-refractivity contribution in [2.24, 2.45) is 0 Å². The molecule has 0 aliphatic carbocycles. The summed E-state index contributed by atoms with van der Waals surface area (Å²) >= 11 is 6.95. The third kappa shape index (κ3) is 1.37. The Morgan fingerprint density at radius 3 is 3.33 bits per heavy atom. The molecule has 0 fully saturated rings. The van der Waals surface area contributed by atoms with Crippen LogP contribution in [-0.4, -0.2) is 21.6 Å². The van der Waals surface area contributed by atoms with E-state index >= 15 is 0 Å². The quantitative estimate of drug-likeness (QED) is 0.685. The summed E-state index contributed by atoms with van der Waals surface area (Å²) in [4.78, 5) is 18.8. The Morgan fingerprint density at radius 1 is 1.67 bits per heavy atom. The van der Waals surface area contributed by atoms with Crippen molar-refractivity contribution in [1.82, 2.24) is 9.97 Å². The number of carbonyl (C=O) groups is 1. The van der Waals surface area contributed by atoms with Crippen LogP contribution in [0.15, 0.2) is 11.2 Å². The molecule has 0 unspecified atom stereocenters. The molecule has 1 aliphatic heterocycles. The molecule has 0 radical (unpaired) electrons. The second-order valence-corrected chi connectivity index (χ2v) is 3.53. The Morgan fingerprint density at radius 2 is 2.50 bits per heavy atom. The van der Waals surface area contributed by atoms with Crippen LogP contribution in [0.2, 0.25) is 5.15 Å². The largest absolute Gasteiger partial charge is 0.308 e. The Bertz CT molecular complexity index is 344. The molecule has 0 spiro atoms. The van der Waals surface area contributed by atoms with Gasteiger partial charge in [-0.3, -0.25) is 4.79 Å². The molecule has 2 rings (SSSR count). The van der Waals surface area contributed by atoms with Gasteiger partial charge in [0.2, 0.25) is 5.91 Å². The first kappa shape index (κ1) is 7.82. The molecule has 6 heteroatoms. The summed E-state index contributed by atoms with van der Waals surface area (Å²) in [5.74, 6) is 0.788. The lowest BCUT2D eigenvalue weighted by Gasteiger charge is -2.12. The maximum atomic E-state index is 10.9. The number of thioether (sulfide) groups is 1. The van der Waals surface area contributed by atoms with E-state index in [1.165, 1.54) is 18.0 Å². The third-order valence-electron chi connectivity index (χ3n) is 1.31. The molecular weight excluding hydrogens is 198 g/mol. The van der Waals surface area contributed by atoms with E-state index in [0.29, 0.717) is 11.6 Å². The molecule has 0 atom stereocenters. The van der Waals surface area contributed by atoms with Gasteiger partial charge in [0.15, 0.2) is 5.82 Å². The van der Waals surface area contributed by atoms with Crippen LogP contribution in [0.5, 0.6) is 0 Å². The number of rotatable bonds is 0. The molecule has 12 heavy (non-hydrogen) atoms. The van der Waals surface area contributed by atoms with Gasteiger partial charge in [-0.15, -0.1) is 0 Å². The summed E-state index contributed by atoms with van der Waals surface area (Å²) in [6.07, 6.45) is 1.46. The van der Waals surface area contributed by atoms with E-state index in [4.69, 9.17) is 11.6 Å². The van der Waals surface area contributed by atoms with Gasteiger partial charge in [-0.1, -0.05) is 23.4 Å². The Balaban J connectivity index is 2.44. The molecular formula is C6H4ClN3OS. The Hall–Kier alpha value is -0.810. The van der Waals surface area contributed by atoms with Gasteiger partial charge >= 0.3 is 0 Å². The monoisotopic (exact) mass is 201 g/mol. The van der Waals surface area contributed by atoms with Crippen molar-refractivity contribution < 1.29 is 4.79 Å². The van der Waals surface area contributed by atoms with E-state index in [1.807, 2.05) is 0 Å². The lowest BCUT2D eigenvalue weighted by molar-refractivity contribution is -0.113. The average molecular weight is 202 g/mol. The number of aromatic nitrogens is 2. The minimum atomic E-state index is -0.0657. The maximum Gasteiger partial charge on any atom is 0.236 e. The zero-order chi connectivity index (χ0) is 8.55. The fourth-order valence-corrected chi connectivity index (χ4v) is 1.68. The van der Waals surface area contributed by atoms with Gasteiger partial charge in [-0.25, -0.2) is 9.97 Å². The molecule has 0 saturated heterocycles. The topological polar surface area (TPSA) is 54.9 Å². The van der Waals surface area contributed by atoms with E-state index in [2.05, 4.69) is 15.3 Å². The van der Waals surface area contributed by atoms with E-state index in [0.717, 1.165) is 5.03 Å². The smallest absolute Gasteiger partial charge is 0.236 e. The van der Waals surface area contributed by atoms with Gasteiger partial charge in [-0.2, -0.15) is 0 Å². The second kappa shape index (κ2) is 2.91. The highest BCUT2D eigenvalue weighted by Crippen LogP contribution is 2.27. The summed E-state index contributed by atoms with van der Waals surface area (Å²) < 4.78 is 0. The minimum Gasteiger partial charge on any atom is -0.308 e. The summed E-state index contributed by atoms with van der Waals surface area (Å²) in [5.41, 5.74) is 0. The number of amides is 1. The second-order valence-electron chi connectivity index (χ2n) is 2.18. The molecule has 0 saturated carbocycles. The number of anilines is 1. The van der Waals surface area contributed by atoms with Crippen molar-refractivity contribution in [2.75, 3.05) is 11.1 Å². The highest BCUT2D eigenvalue weighted by molar-refractivity contribution is 8.00. The molecule has 2 heterocycles. The molecule has 1 aromatic heterocycles. The van der Waals surface area contributed by atoms with E-state index in [9.17, 15) is 4.79 Å². The number of hydrogen-bond donors (Lipinski definition) is 1. The standard InChI is InChI=1S/C6H4ClN3OS/c7-3-1-8-6-5(9-3)10-4(11)2-12-6/h1H,2H2,(H,9,10,11). The molecule has 1 aromatic rings. The van der Waals surface area contributed by atoms with Crippen molar-refractivity contribution in [1.29, 1.82) is 0 Å². The van der Waals surface area contributed by atoms with Gasteiger partial charge in [0.05, 0.1) is 11.9 Å². The van der Waals surface area contributed by atoms with Crippen LogP contribution >= 0.6 is 23.4 Å². The predicted molar refractivity (Wildman–Crippen MR) is 46.4 cm³/mol. The minimum absolute atomic E-state index is 0.0657. The molecule has 1 N–H and O–H groups in total. The van der Waals surface area contributed by atoms with Crippen molar-refractivity contribution in [3.63, 3.8) is 0 Å². The predicted octanol–water partition coefficient (Wildman–Crippen LogP) is 1.17. The number of carbonyl (C=O) groups excluding carboxylic acids is 1. The number of nitrogens with zero attached hydrogens (tertiary/aromatic N) is 2. The maximum absolute atomic E-state index is 10.9. The number of halogens is 1. The zero-order valence-corrected chi connectivity index (χ0v) is 7.45. The first-order chi connectivity index (χ1) is 5.75. The van der Waals surface area contributed by atoms with Gasteiger partial charge in [0, 0.05) is 0 Å². The molecule has 0 aromatic carbocycles. The first-order valence-corrected chi connectivity index (χ1v) is 4.57. The Kier molecular flexibility index (Phi) is 1.90. The van der Waals surface area contributed by atoms with E-state index in [1.54, 1.807) is 0 Å². The summed E-state index contributed by atoms with van der Waals surface area (Å²) in [6.45, 7) is 0. The van der Waals surface area contributed by atoms with Gasteiger partial charge < -0.3 is 5.32 Å². The SMILES string of the molecule is O=C1CSc2ncc(Cl)nc2N1. The fourth-order valence-electron chi connectivity index (χ4n) is 0.846. The van der Waals surface area contributed by atoms with Crippen LogP contribution in [0.3, 0.4) is 0 Å². The highest BCUT2D eigenvalue weighted by atomic mass is 35.5. The van der Waals surface area contributed by atoms with Crippen LogP contribution in [0, 0.1) is 0 Å². The lowest BCUT2D eigenvalue weighted by atomic mass is 10.6. The van der Waals surface area contributed by atoms with Crippen molar-refractivity contribution >= 4 is 35.1 Å². The highest BCUT2D eigenvalue weighted by Gasteiger charge is 2.17. The van der Waals surface area contributed by atoms with Crippen LogP contribution in [0.4, 0.5) is 5.82 Å². The lowest BCUT2D eigenvalue weighted by Crippen LogP contribution is -2.20. The molecule has 62 valence electrons. The van der Waals surface area contributed by atoms with Gasteiger partial charge in [0.25, 0.3) is 0 Å². The summed E-state index contributed by atoms with van der Waals surface area (Å²) in [7, 11) is 0. The average Bonchev–Trinajstić information content (AvgIpc) is 2.03. The van der Waals surface area contributed by atoms with Crippen LogP contribution in [-0.2, 0) is 4.79 Å². The Labute approximate surface area is 77.7 Å². The normalized spacial score (nSPS) is 15.2. The van der Waals surface area contributed by atoms with Crippen molar-refractivity contribution in [2.45, 2.75) is 5.03 Å². The van der Waals surface area contributed by atoms with E-state index < -0.39 is 0 Å². The number of hydrogen-bond acceptors (Lipinski definition) is 4. The van der Waals surface area contributed by atoms with Crippen molar-refractivity contribution in [3.05, 3.63) is 11.3 Å². The molecule has 0 bridgehead atoms. The number of fused-ring (bicyclic) bond motifs is 1. The fraction of sp³-hybridized carbons (Fsp3) is 0.167. The third-order valence-corrected chi connectivity index (χ3v) is 2.47. The summed E-state index contributed by atoms with van der Waals surface area (Å²) in [5, 5.41) is 3.59.